The third-order valence-electron chi connectivity index (χ3n) is 2.66. The van der Waals surface area contributed by atoms with Crippen LogP contribution in [0.1, 0.15) is 5.56 Å². The van der Waals surface area contributed by atoms with Crippen molar-refractivity contribution in [3.05, 3.63) is 34.9 Å². The minimum Gasteiger partial charge on any atom is -0.490 e. The highest BCUT2D eigenvalue weighted by atomic mass is 32.1. The third-order valence-corrected chi connectivity index (χ3v) is 3.62. The predicted molar refractivity (Wildman–Crippen MR) is 77.0 cm³/mol. The summed E-state index contributed by atoms with van der Waals surface area (Å²) in [6, 6.07) is 5.51. The molecule has 1 N–H and O–H groups in total. The Morgan fingerprint density at radius 1 is 1.35 bits per heavy atom. The Morgan fingerprint density at radius 2 is 2.15 bits per heavy atom. The molecule has 1 heterocycles. The van der Waals surface area contributed by atoms with E-state index in [-0.39, 0.29) is 12.6 Å². The topological polar surface area (TPSA) is 65.0 Å². The molecule has 5 nitrogen and oxygen atoms in total. The Kier molecular flexibility index (Phi) is 4.60. The average molecular weight is 294 g/mol. The SMILES string of the molecule is COCOc1ccc(/C=C(/OC)C(=O)O)c2sccc12. The summed E-state index contributed by atoms with van der Waals surface area (Å²) in [4.78, 5) is 11.0. The molecule has 0 radical (unpaired) electrons. The molecule has 0 spiro atoms. The lowest BCUT2D eigenvalue weighted by molar-refractivity contribution is -0.135. The molecule has 0 aliphatic carbocycles. The van der Waals surface area contributed by atoms with Crippen molar-refractivity contribution in [1.29, 1.82) is 0 Å². The van der Waals surface area contributed by atoms with E-state index < -0.39 is 5.97 Å². The first-order valence-electron chi connectivity index (χ1n) is 5.78. The lowest BCUT2D eigenvalue weighted by atomic mass is 10.1. The highest BCUT2D eigenvalue weighted by molar-refractivity contribution is 7.17. The van der Waals surface area contributed by atoms with E-state index in [0.29, 0.717) is 5.75 Å². The lowest BCUT2D eigenvalue weighted by Gasteiger charge is -2.08. The first-order valence-corrected chi connectivity index (χ1v) is 6.66. The van der Waals surface area contributed by atoms with Gasteiger partial charge in [-0.2, -0.15) is 0 Å². The largest absolute Gasteiger partial charge is 0.490 e. The number of aliphatic carboxylic acids is 1. The second-order valence-corrected chi connectivity index (χ2v) is 4.80. The van der Waals surface area contributed by atoms with Gasteiger partial charge in [0.25, 0.3) is 0 Å². The second kappa shape index (κ2) is 6.40. The Balaban J connectivity index is 2.46. The van der Waals surface area contributed by atoms with E-state index in [0.717, 1.165) is 15.6 Å². The maximum atomic E-state index is 11.0. The van der Waals surface area contributed by atoms with E-state index in [1.807, 2.05) is 11.4 Å². The van der Waals surface area contributed by atoms with Gasteiger partial charge in [-0.25, -0.2) is 4.79 Å². The van der Waals surface area contributed by atoms with Gasteiger partial charge in [0.15, 0.2) is 6.79 Å². The van der Waals surface area contributed by atoms with Crippen LogP contribution in [0.5, 0.6) is 5.75 Å². The average Bonchev–Trinajstić information content (AvgIpc) is 2.92. The fourth-order valence-corrected chi connectivity index (χ4v) is 2.67. The summed E-state index contributed by atoms with van der Waals surface area (Å²) in [6.07, 6.45) is 1.50. The van der Waals surface area contributed by atoms with Gasteiger partial charge in [-0.3, -0.25) is 0 Å². The number of hydrogen-bond donors (Lipinski definition) is 1. The Labute approximate surface area is 120 Å². The number of carboxylic acids is 1. The lowest BCUT2D eigenvalue weighted by Crippen LogP contribution is -2.02. The van der Waals surface area contributed by atoms with E-state index in [1.54, 1.807) is 19.2 Å². The van der Waals surface area contributed by atoms with Crippen molar-refractivity contribution < 1.29 is 24.1 Å². The zero-order chi connectivity index (χ0) is 14.5. The molecule has 20 heavy (non-hydrogen) atoms. The smallest absolute Gasteiger partial charge is 0.371 e. The van der Waals surface area contributed by atoms with Crippen LogP contribution >= 0.6 is 11.3 Å². The van der Waals surface area contributed by atoms with Crippen LogP contribution in [0.4, 0.5) is 0 Å². The maximum Gasteiger partial charge on any atom is 0.371 e. The summed E-state index contributed by atoms with van der Waals surface area (Å²) in [5, 5.41) is 11.8. The Morgan fingerprint density at radius 3 is 2.80 bits per heavy atom. The van der Waals surface area contributed by atoms with Crippen molar-refractivity contribution in [2.45, 2.75) is 0 Å². The highest BCUT2D eigenvalue weighted by Gasteiger charge is 2.11. The zero-order valence-corrected chi connectivity index (χ0v) is 11.9. The van der Waals surface area contributed by atoms with Crippen molar-refractivity contribution in [1.82, 2.24) is 0 Å². The molecule has 2 aromatic rings. The van der Waals surface area contributed by atoms with Crippen LogP contribution in [0.15, 0.2) is 29.3 Å². The van der Waals surface area contributed by atoms with E-state index in [4.69, 9.17) is 19.3 Å². The summed E-state index contributed by atoms with van der Waals surface area (Å²) in [5.41, 5.74) is 0.777. The van der Waals surface area contributed by atoms with Crippen LogP contribution in [-0.2, 0) is 14.3 Å². The number of thiophene rings is 1. The second-order valence-electron chi connectivity index (χ2n) is 3.89. The van der Waals surface area contributed by atoms with Crippen LogP contribution in [0.3, 0.4) is 0 Å². The predicted octanol–water partition coefficient (Wildman–Crippen LogP) is 2.96. The minimum atomic E-state index is -1.10. The summed E-state index contributed by atoms with van der Waals surface area (Å²) < 4.78 is 16.2. The van der Waals surface area contributed by atoms with E-state index in [2.05, 4.69) is 0 Å². The summed E-state index contributed by atoms with van der Waals surface area (Å²) in [6.45, 7) is 0.165. The molecule has 1 aromatic heterocycles. The van der Waals surface area contributed by atoms with Gasteiger partial charge < -0.3 is 19.3 Å². The van der Waals surface area contributed by atoms with Gasteiger partial charge in [0.05, 0.1) is 7.11 Å². The standard InChI is InChI=1S/C14H14O5S/c1-17-8-19-11-4-3-9(7-12(18-2)14(15)16)13-10(11)5-6-20-13/h3-7H,8H2,1-2H3,(H,15,16)/b12-7+. The van der Waals surface area contributed by atoms with Crippen LogP contribution in [0.2, 0.25) is 0 Å². The van der Waals surface area contributed by atoms with Gasteiger partial charge in [0, 0.05) is 17.2 Å². The van der Waals surface area contributed by atoms with Gasteiger partial charge in [-0.05, 0) is 35.2 Å². The summed E-state index contributed by atoms with van der Waals surface area (Å²) >= 11 is 1.51. The first kappa shape index (κ1) is 14.4. The fraction of sp³-hybridized carbons (Fsp3) is 0.214. The molecular formula is C14H14O5S. The third kappa shape index (κ3) is 2.92. The number of ether oxygens (including phenoxy) is 3. The summed E-state index contributed by atoms with van der Waals surface area (Å²) in [5.74, 6) is -0.503. The molecule has 2 rings (SSSR count). The normalized spacial score (nSPS) is 11.6. The Hall–Kier alpha value is -2.05. The van der Waals surface area contributed by atoms with Crippen molar-refractivity contribution in [3.8, 4) is 5.75 Å². The van der Waals surface area contributed by atoms with Gasteiger partial charge in [-0.1, -0.05) is 0 Å². The van der Waals surface area contributed by atoms with E-state index in [1.165, 1.54) is 24.5 Å². The number of carboxylic acid groups (broad SMARTS) is 1. The van der Waals surface area contributed by atoms with Gasteiger partial charge in [0.2, 0.25) is 5.76 Å². The number of methoxy groups -OCH3 is 2. The molecule has 1 aromatic carbocycles. The first-order chi connectivity index (χ1) is 9.67. The van der Waals surface area contributed by atoms with Crippen LogP contribution < -0.4 is 4.74 Å². The highest BCUT2D eigenvalue weighted by Crippen LogP contribution is 2.34. The van der Waals surface area contributed by atoms with Crippen molar-refractivity contribution in [2.24, 2.45) is 0 Å². The zero-order valence-electron chi connectivity index (χ0n) is 11.1. The molecule has 106 valence electrons. The molecule has 0 atom stereocenters. The molecule has 0 unspecified atom stereocenters. The molecule has 0 aliphatic heterocycles. The number of carbonyl (C=O) groups is 1. The van der Waals surface area contributed by atoms with Crippen molar-refractivity contribution in [3.63, 3.8) is 0 Å². The van der Waals surface area contributed by atoms with Crippen LogP contribution in [-0.4, -0.2) is 32.1 Å². The molecule has 0 amide bonds. The monoisotopic (exact) mass is 294 g/mol. The Bertz CT molecular complexity index is 644. The van der Waals surface area contributed by atoms with Gasteiger partial charge in [-0.15, -0.1) is 11.3 Å². The fourth-order valence-electron chi connectivity index (χ4n) is 1.77. The molecule has 0 aliphatic rings. The number of fused-ring (bicyclic) bond motifs is 1. The molecule has 6 heteroatoms. The molecule has 0 bridgehead atoms. The van der Waals surface area contributed by atoms with Crippen molar-refractivity contribution in [2.75, 3.05) is 21.0 Å². The number of benzene rings is 1. The quantitative estimate of drug-likeness (QED) is 0.504. The van der Waals surface area contributed by atoms with Crippen LogP contribution in [0, 0.1) is 0 Å². The van der Waals surface area contributed by atoms with Gasteiger partial charge in [0.1, 0.15) is 5.75 Å². The summed E-state index contributed by atoms with van der Waals surface area (Å²) in [7, 11) is 2.89. The number of hydrogen-bond acceptors (Lipinski definition) is 5. The number of rotatable bonds is 6. The molecule has 0 saturated carbocycles. The van der Waals surface area contributed by atoms with E-state index >= 15 is 0 Å². The molecule has 0 saturated heterocycles. The van der Waals surface area contributed by atoms with Crippen molar-refractivity contribution >= 4 is 33.5 Å². The minimum absolute atomic E-state index is 0.106. The van der Waals surface area contributed by atoms with E-state index in [9.17, 15) is 4.79 Å². The molecule has 0 fully saturated rings. The van der Waals surface area contributed by atoms with Crippen LogP contribution in [0.25, 0.3) is 16.2 Å². The molecular weight excluding hydrogens is 280 g/mol. The van der Waals surface area contributed by atoms with Gasteiger partial charge >= 0.3 is 5.97 Å². The maximum absolute atomic E-state index is 11.0.